The molecule has 5 nitrogen and oxygen atoms in total. The van der Waals surface area contributed by atoms with E-state index in [4.69, 9.17) is 4.42 Å². The Morgan fingerprint density at radius 3 is 2.92 bits per heavy atom. The highest BCUT2D eigenvalue weighted by atomic mass is 19.4. The lowest BCUT2D eigenvalue weighted by molar-refractivity contribution is -0.0696. The van der Waals surface area contributed by atoms with Crippen molar-refractivity contribution < 1.29 is 22.4 Å². The van der Waals surface area contributed by atoms with Gasteiger partial charge in [0.1, 0.15) is 12.0 Å². The molecule has 3 atom stereocenters. The summed E-state index contributed by atoms with van der Waals surface area (Å²) in [6.07, 6.45) is -1.06. The van der Waals surface area contributed by atoms with Gasteiger partial charge in [0.25, 0.3) is 5.91 Å². The molecule has 1 amide bonds. The number of fused-ring (bicyclic) bond motifs is 3. The number of piperidine rings is 1. The molecule has 1 N–H and O–H groups in total. The van der Waals surface area contributed by atoms with Gasteiger partial charge in [-0.1, -0.05) is 5.92 Å². The Kier molecular flexibility index (Phi) is 3.69. The van der Waals surface area contributed by atoms with E-state index in [-0.39, 0.29) is 28.8 Å². The number of aromatic nitrogens is 1. The number of carbonyl (C=O) groups is 1. The SMILES string of the molecule is O=C(NC1CN2CCC1C2)c1cc2c(C#CC(F)(F)F)coc2cn1. The summed E-state index contributed by atoms with van der Waals surface area (Å²) in [6.45, 7) is 2.89. The lowest BCUT2D eigenvalue weighted by atomic mass is 10.00. The Morgan fingerprint density at radius 2 is 2.24 bits per heavy atom. The second-order valence-electron chi connectivity index (χ2n) is 6.35. The van der Waals surface area contributed by atoms with Crippen LogP contribution in [0.2, 0.25) is 0 Å². The molecule has 2 fully saturated rings. The van der Waals surface area contributed by atoms with Crippen molar-refractivity contribution in [1.82, 2.24) is 15.2 Å². The van der Waals surface area contributed by atoms with Crippen LogP contribution in [0.5, 0.6) is 0 Å². The monoisotopic (exact) mass is 349 g/mol. The van der Waals surface area contributed by atoms with E-state index < -0.39 is 6.18 Å². The highest BCUT2D eigenvalue weighted by Gasteiger charge is 2.38. The van der Waals surface area contributed by atoms with Gasteiger partial charge in [0.2, 0.25) is 0 Å². The van der Waals surface area contributed by atoms with Crippen LogP contribution in [0.25, 0.3) is 11.0 Å². The minimum Gasteiger partial charge on any atom is -0.461 e. The van der Waals surface area contributed by atoms with E-state index in [0.717, 1.165) is 32.3 Å². The van der Waals surface area contributed by atoms with Gasteiger partial charge in [-0.25, -0.2) is 4.98 Å². The average molecular weight is 349 g/mol. The molecule has 2 saturated heterocycles. The minimum atomic E-state index is -4.59. The largest absolute Gasteiger partial charge is 0.461 e. The van der Waals surface area contributed by atoms with Crippen LogP contribution in [-0.2, 0) is 0 Å². The van der Waals surface area contributed by atoms with E-state index in [1.807, 2.05) is 5.92 Å². The number of nitrogens with one attached hydrogen (secondary N) is 1. The molecule has 2 aliphatic rings. The summed E-state index contributed by atoms with van der Waals surface area (Å²) < 4.78 is 42.0. The molecule has 25 heavy (non-hydrogen) atoms. The standard InChI is InChI=1S/C17H14F3N3O2/c18-17(19,20)3-1-11-9-25-15-6-21-13(5-12(11)15)16(24)22-14-8-23-4-2-10(14)7-23/h5-6,9-10,14H,2,4,7-8H2,(H,22,24). The second-order valence-corrected chi connectivity index (χ2v) is 6.35. The summed E-state index contributed by atoms with van der Waals surface area (Å²) in [4.78, 5) is 18.8. The molecule has 0 aliphatic carbocycles. The number of carbonyl (C=O) groups excluding carboxylic acids is 1. The summed E-state index contributed by atoms with van der Waals surface area (Å²) in [5.74, 6) is 3.36. The van der Waals surface area contributed by atoms with Gasteiger partial charge < -0.3 is 14.6 Å². The Labute approximate surface area is 141 Å². The molecule has 4 heterocycles. The number of hydrogen-bond donors (Lipinski definition) is 1. The van der Waals surface area contributed by atoms with E-state index in [2.05, 4.69) is 15.2 Å². The van der Waals surface area contributed by atoms with Crippen LogP contribution in [0.1, 0.15) is 22.5 Å². The van der Waals surface area contributed by atoms with Crippen molar-refractivity contribution in [2.45, 2.75) is 18.6 Å². The topological polar surface area (TPSA) is 58.4 Å². The zero-order valence-corrected chi connectivity index (χ0v) is 13.1. The molecule has 2 aromatic heterocycles. The Hall–Kier alpha value is -2.53. The molecule has 0 spiro atoms. The maximum Gasteiger partial charge on any atom is 0.458 e. The smallest absolute Gasteiger partial charge is 0.458 e. The van der Waals surface area contributed by atoms with Crippen LogP contribution in [0.3, 0.4) is 0 Å². The van der Waals surface area contributed by atoms with Crippen LogP contribution < -0.4 is 5.32 Å². The second kappa shape index (κ2) is 5.77. The number of alkyl halides is 3. The maximum absolute atomic E-state index is 12.4. The third kappa shape index (κ3) is 3.20. The Balaban J connectivity index is 1.57. The van der Waals surface area contributed by atoms with Gasteiger partial charge in [-0.2, -0.15) is 13.2 Å². The van der Waals surface area contributed by atoms with Gasteiger partial charge in [0.15, 0.2) is 5.58 Å². The first kappa shape index (κ1) is 16.0. The van der Waals surface area contributed by atoms with Gasteiger partial charge in [-0.3, -0.25) is 4.79 Å². The predicted octanol–water partition coefficient (Wildman–Crippen LogP) is 2.18. The van der Waals surface area contributed by atoms with E-state index >= 15 is 0 Å². The van der Waals surface area contributed by atoms with Gasteiger partial charge in [0, 0.05) is 30.4 Å². The lowest BCUT2D eigenvalue weighted by Crippen LogP contribution is -2.43. The summed E-state index contributed by atoms with van der Waals surface area (Å²) in [5.41, 5.74) is 0.505. The van der Waals surface area contributed by atoms with Gasteiger partial charge in [-0.15, -0.1) is 0 Å². The first-order valence-electron chi connectivity index (χ1n) is 7.89. The maximum atomic E-state index is 12.4. The number of amides is 1. The number of nitrogens with zero attached hydrogens (tertiary/aromatic N) is 2. The third-order valence-corrected chi connectivity index (χ3v) is 4.68. The molecule has 3 unspecified atom stereocenters. The van der Waals surface area contributed by atoms with Crippen LogP contribution in [0, 0.1) is 17.8 Å². The Bertz CT molecular complexity index is 894. The molecule has 0 saturated carbocycles. The van der Waals surface area contributed by atoms with Crippen molar-refractivity contribution in [2.24, 2.45) is 5.92 Å². The van der Waals surface area contributed by atoms with Gasteiger partial charge >= 0.3 is 6.18 Å². The molecule has 0 radical (unpaired) electrons. The van der Waals surface area contributed by atoms with Crippen LogP contribution in [0.15, 0.2) is 22.9 Å². The average Bonchev–Trinajstić information content (AvgIpc) is 3.26. The van der Waals surface area contributed by atoms with Crippen LogP contribution >= 0.6 is 0 Å². The summed E-state index contributed by atoms with van der Waals surface area (Å²) in [6, 6.07) is 1.51. The van der Waals surface area contributed by atoms with Crippen molar-refractivity contribution >= 4 is 16.9 Å². The summed E-state index contributed by atoms with van der Waals surface area (Å²) in [5, 5.41) is 3.31. The highest BCUT2D eigenvalue weighted by molar-refractivity contribution is 5.97. The zero-order chi connectivity index (χ0) is 17.6. The molecule has 0 aromatic carbocycles. The fourth-order valence-corrected chi connectivity index (χ4v) is 3.48. The molecule has 130 valence electrons. The number of rotatable bonds is 2. The van der Waals surface area contributed by atoms with E-state index in [1.54, 1.807) is 0 Å². The Morgan fingerprint density at radius 1 is 1.40 bits per heavy atom. The summed E-state index contributed by atoms with van der Waals surface area (Å²) in [7, 11) is 0. The van der Waals surface area contributed by atoms with E-state index in [1.165, 1.54) is 18.2 Å². The molecule has 2 bridgehead atoms. The fourth-order valence-electron chi connectivity index (χ4n) is 3.48. The zero-order valence-electron chi connectivity index (χ0n) is 13.1. The van der Waals surface area contributed by atoms with E-state index in [9.17, 15) is 18.0 Å². The van der Waals surface area contributed by atoms with Crippen LogP contribution in [0.4, 0.5) is 13.2 Å². The van der Waals surface area contributed by atoms with Gasteiger partial charge in [-0.05, 0) is 24.9 Å². The normalized spacial score (nSPS) is 25.0. The first-order valence-corrected chi connectivity index (χ1v) is 7.89. The molecule has 8 heteroatoms. The molecule has 4 rings (SSSR count). The molecule has 2 aliphatic heterocycles. The van der Waals surface area contributed by atoms with Crippen molar-refractivity contribution in [3.63, 3.8) is 0 Å². The number of pyridine rings is 1. The molecule has 2 aromatic rings. The van der Waals surface area contributed by atoms with Crippen molar-refractivity contribution in [3.05, 3.63) is 29.8 Å². The number of hydrogen-bond acceptors (Lipinski definition) is 4. The third-order valence-electron chi connectivity index (χ3n) is 4.68. The van der Waals surface area contributed by atoms with Crippen molar-refractivity contribution in [1.29, 1.82) is 0 Å². The number of halogens is 3. The molecular weight excluding hydrogens is 335 g/mol. The molecular formula is C17H14F3N3O2. The first-order chi connectivity index (χ1) is 11.9. The van der Waals surface area contributed by atoms with Crippen LogP contribution in [-0.4, -0.2) is 47.6 Å². The lowest BCUT2D eigenvalue weighted by Gasteiger charge is -2.22. The van der Waals surface area contributed by atoms with Gasteiger partial charge in [0.05, 0.1) is 11.8 Å². The fraction of sp³-hybridized carbons (Fsp3) is 0.412. The van der Waals surface area contributed by atoms with E-state index in [0.29, 0.717) is 11.3 Å². The number of furan rings is 1. The highest BCUT2D eigenvalue weighted by Crippen LogP contribution is 2.28. The quantitative estimate of drug-likeness (QED) is 0.845. The minimum absolute atomic E-state index is 0.0785. The predicted molar refractivity (Wildman–Crippen MR) is 82.7 cm³/mol. The van der Waals surface area contributed by atoms with Crippen molar-refractivity contribution in [3.8, 4) is 11.8 Å². The van der Waals surface area contributed by atoms with Crippen molar-refractivity contribution in [2.75, 3.05) is 19.6 Å². The summed E-state index contributed by atoms with van der Waals surface area (Å²) >= 11 is 0.